The number of ether oxygens (including phenoxy) is 4. The van der Waals surface area contributed by atoms with Crippen LogP contribution in [0.4, 0.5) is 5.69 Å². The Morgan fingerprint density at radius 3 is 2.52 bits per heavy atom. The number of amides is 1. The van der Waals surface area contributed by atoms with Crippen molar-refractivity contribution in [3.63, 3.8) is 0 Å². The van der Waals surface area contributed by atoms with E-state index in [2.05, 4.69) is 15.1 Å². The van der Waals surface area contributed by atoms with Crippen molar-refractivity contribution in [1.82, 2.24) is 14.5 Å². The van der Waals surface area contributed by atoms with Gasteiger partial charge in [-0.15, -0.1) is 0 Å². The van der Waals surface area contributed by atoms with E-state index in [1.54, 1.807) is 32.9 Å². The molecule has 0 saturated heterocycles. The Bertz CT molecular complexity index is 1560. The fraction of sp³-hybridized carbons (Fsp3) is 0.346. The quantitative estimate of drug-likeness (QED) is 0.306. The second-order valence-corrected chi connectivity index (χ2v) is 11.6. The summed E-state index contributed by atoms with van der Waals surface area (Å²) in [7, 11) is -2.74. The molecule has 0 fully saturated rings. The second kappa shape index (κ2) is 11.2. The van der Waals surface area contributed by atoms with E-state index in [1.165, 1.54) is 43.0 Å². The van der Waals surface area contributed by atoms with E-state index >= 15 is 0 Å². The minimum absolute atomic E-state index is 0.0197. The lowest BCUT2D eigenvalue weighted by atomic mass is 10.1. The van der Waals surface area contributed by atoms with Gasteiger partial charge in [0.25, 0.3) is 5.91 Å². The average molecular weight is 575 g/mol. The van der Waals surface area contributed by atoms with Crippen LogP contribution >= 0.6 is 0 Å². The molecule has 3 N–H and O–H groups in total. The molecule has 0 aliphatic carbocycles. The highest BCUT2D eigenvalue weighted by Gasteiger charge is 2.30. The third-order valence-corrected chi connectivity index (χ3v) is 7.32. The molecule has 2 aromatic carbocycles. The number of carbonyl (C=O) groups is 2. The summed E-state index contributed by atoms with van der Waals surface area (Å²) in [6, 6.07) is 8.78. The molecule has 3 aromatic rings. The number of anilines is 1. The van der Waals surface area contributed by atoms with Crippen molar-refractivity contribution in [2.75, 3.05) is 32.4 Å². The number of aromatic nitrogens is 2. The zero-order valence-corrected chi connectivity index (χ0v) is 23.4. The number of methoxy groups -OCH3 is 1. The first-order valence-corrected chi connectivity index (χ1v) is 13.6. The van der Waals surface area contributed by atoms with Crippen LogP contribution in [0.15, 0.2) is 41.3 Å². The molecule has 14 heteroatoms. The molecule has 0 atom stereocenters. The number of hydrogen-bond donors (Lipinski definition) is 3. The Morgan fingerprint density at radius 2 is 1.85 bits per heavy atom. The summed E-state index contributed by atoms with van der Waals surface area (Å²) in [6.07, 6.45) is 0. The number of nitrogens with zero attached hydrogens (tertiary/aromatic N) is 2. The van der Waals surface area contributed by atoms with Crippen LogP contribution in [0.1, 0.15) is 47.2 Å². The van der Waals surface area contributed by atoms with E-state index in [-0.39, 0.29) is 59.0 Å². The molecule has 0 unspecified atom stereocenters. The number of benzene rings is 2. The number of carboxylic acid groups (broad SMARTS) is 1. The van der Waals surface area contributed by atoms with Crippen molar-refractivity contribution in [3.8, 4) is 23.1 Å². The first kappa shape index (κ1) is 28.9. The molecule has 1 aromatic heterocycles. The molecule has 13 nitrogen and oxygen atoms in total. The van der Waals surface area contributed by atoms with Gasteiger partial charge in [-0.1, -0.05) is 0 Å². The van der Waals surface area contributed by atoms with Gasteiger partial charge in [-0.05, 0) is 64.1 Å². The second-order valence-electron chi connectivity index (χ2n) is 9.84. The number of rotatable bonds is 10. The largest absolute Gasteiger partial charge is 0.476 e. The van der Waals surface area contributed by atoms with Crippen LogP contribution in [0.5, 0.6) is 23.1 Å². The van der Waals surface area contributed by atoms with Crippen LogP contribution in [0.3, 0.4) is 0 Å². The van der Waals surface area contributed by atoms with Gasteiger partial charge in [-0.3, -0.25) is 4.79 Å². The maximum Gasteiger partial charge on any atom is 0.356 e. The third-order valence-electron chi connectivity index (χ3n) is 5.84. The zero-order valence-electron chi connectivity index (χ0n) is 22.6. The van der Waals surface area contributed by atoms with Crippen molar-refractivity contribution >= 4 is 27.6 Å². The Morgan fingerprint density at radius 1 is 1.12 bits per heavy atom. The van der Waals surface area contributed by atoms with Gasteiger partial charge in [0.15, 0.2) is 17.2 Å². The Labute approximate surface area is 231 Å². The summed E-state index contributed by atoms with van der Waals surface area (Å²) in [5.41, 5.74) is -0.242. The minimum atomic E-state index is -4.17. The number of carbonyl (C=O) groups excluding carboxylic acids is 1. The predicted molar refractivity (Wildman–Crippen MR) is 143 cm³/mol. The van der Waals surface area contributed by atoms with Gasteiger partial charge in [0.1, 0.15) is 10.6 Å². The molecular weight excluding hydrogens is 544 g/mol. The number of aromatic carboxylic acids is 1. The third kappa shape index (κ3) is 6.03. The number of sulfonamides is 1. The molecule has 1 aliphatic heterocycles. The lowest BCUT2D eigenvalue weighted by Gasteiger charge is -2.23. The average Bonchev–Trinajstić information content (AvgIpc) is 3.49. The topological polar surface area (TPSA) is 167 Å². The molecule has 0 spiro atoms. The molecule has 0 bridgehead atoms. The molecule has 0 saturated carbocycles. The molecule has 1 amide bonds. The molecule has 214 valence electrons. The van der Waals surface area contributed by atoms with E-state index in [9.17, 15) is 23.1 Å². The zero-order chi connectivity index (χ0) is 29.2. The SMILES string of the molecule is COCCNS(=O)(=O)c1cc(NC(=O)c2ccc3c(c2)OCO3)ccc1Oc1c(C)c(C(=O)O)nn1C(C)(C)C. The van der Waals surface area contributed by atoms with Crippen LogP contribution in [-0.2, 0) is 20.3 Å². The van der Waals surface area contributed by atoms with Gasteiger partial charge in [0.2, 0.25) is 22.7 Å². The Hall–Kier alpha value is -4.14. The Balaban J connectivity index is 1.73. The lowest BCUT2D eigenvalue weighted by molar-refractivity contribution is 0.0687. The van der Waals surface area contributed by atoms with Gasteiger partial charge in [-0.2, -0.15) is 5.10 Å². The van der Waals surface area contributed by atoms with Crippen molar-refractivity contribution in [3.05, 3.63) is 53.2 Å². The van der Waals surface area contributed by atoms with Crippen LogP contribution < -0.4 is 24.2 Å². The highest BCUT2D eigenvalue weighted by atomic mass is 32.2. The number of hydrogen-bond acceptors (Lipinski definition) is 9. The monoisotopic (exact) mass is 574 g/mol. The molecule has 2 heterocycles. The number of fused-ring (bicyclic) bond motifs is 1. The molecule has 4 rings (SSSR count). The van der Waals surface area contributed by atoms with Crippen LogP contribution in [0.25, 0.3) is 0 Å². The van der Waals surface area contributed by atoms with Crippen LogP contribution in [0, 0.1) is 6.92 Å². The van der Waals surface area contributed by atoms with E-state index in [1.807, 2.05) is 0 Å². The standard InChI is InChI=1S/C26H30N4O9S/c1-15-22(25(32)33)29-30(26(2,3)4)24(15)39-19-9-7-17(13-21(19)40(34,35)27-10-11-36-5)28-23(31)16-6-8-18-20(12-16)38-14-37-18/h6-9,12-13,27H,10-11,14H2,1-5H3,(H,28,31)(H,32,33). The van der Waals surface area contributed by atoms with Crippen molar-refractivity contribution in [2.24, 2.45) is 0 Å². The maximum atomic E-state index is 13.3. The van der Waals surface area contributed by atoms with Gasteiger partial charge in [0.05, 0.1) is 12.1 Å². The highest BCUT2D eigenvalue weighted by molar-refractivity contribution is 7.89. The highest BCUT2D eigenvalue weighted by Crippen LogP contribution is 2.37. The molecular formula is C26H30N4O9S. The van der Waals surface area contributed by atoms with Crippen molar-refractivity contribution in [2.45, 2.75) is 38.1 Å². The van der Waals surface area contributed by atoms with Crippen LogP contribution in [0.2, 0.25) is 0 Å². The van der Waals surface area contributed by atoms with Gasteiger partial charge < -0.3 is 29.4 Å². The van der Waals surface area contributed by atoms with E-state index in [0.29, 0.717) is 11.5 Å². The number of carboxylic acids is 1. The van der Waals surface area contributed by atoms with Gasteiger partial charge in [-0.25, -0.2) is 22.6 Å². The molecule has 0 radical (unpaired) electrons. The summed E-state index contributed by atoms with van der Waals surface area (Å²) in [6.45, 7) is 7.09. The van der Waals surface area contributed by atoms with Crippen molar-refractivity contribution in [1.29, 1.82) is 0 Å². The van der Waals surface area contributed by atoms with Gasteiger partial charge >= 0.3 is 5.97 Å². The number of nitrogens with one attached hydrogen (secondary N) is 2. The van der Waals surface area contributed by atoms with Crippen molar-refractivity contribution < 1.29 is 42.1 Å². The lowest BCUT2D eigenvalue weighted by Crippen LogP contribution is -2.28. The van der Waals surface area contributed by atoms with Crippen LogP contribution in [-0.4, -0.2) is 62.2 Å². The van der Waals surface area contributed by atoms with E-state index < -0.39 is 27.4 Å². The predicted octanol–water partition coefficient (Wildman–Crippen LogP) is 3.34. The summed E-state index contributed by atoms with van der Waals surface area (Å²) >= 11 is 0. The molecule has 40 heavy (non-hydrogen) atoms. The summed E-state index contributed by atoms with van der Waals surface area (Å²) < 4.78 is 52.1. The maximum absolute atomic E-state index is 13.3. The minimum Gasteiger partial charge on any atom is -0.476 e. The van der Waals surface area contributed by atoms with Gasteiger partial charge in [0, 0.05) is 30.5 Å². The summed E-state index contributed by atoms with van der Waals surface area (Å²) in [4.78, 5) is 24.4. The van der Waals surface area contributed by atoms with E-state index in [4.69, 9.17) is 18.9 Å². The first-order chi connectivity index (χ1) is 18.8. The normalized spacial score (nSPS) is 12.8. The molecule has 1 aliphatic rings. The fourth-order valence-corrected chi connectivity index (χ4v) is 5.00. The van der Waals surface area contributed by atoms with E-state index in [0.717, 1.165) is 0 Å². The summed E-state index contributed by atoms with van der Waals surface area (Å²) in [5, 5.41) is 16.5. The Kier molecular flexibility index (Phi) is 8.05. The first-order valence-electron chi connectivity index (χ1n) is 12.2. The smallest absolute Gasteiger partial charge is 0.356 e. The fourth-order valence-electron chi connectivity index (χ4n) is 3.84. The summed E-state index contributed by atoms with van der Waals surface area (Å²) in [5.74, 6) is -0.846.